The molecule has 0 aliphatic carbocycles. The van der Waals surface area contributed by atoms with Gasteiger partial charge >= 0.3 is 0 Å². The van der Waals surface area contributed by atoms with Gasteiger partial charge in [-0.1, -0.05) is 54.1 Å². The minimum atomic E-state index is -0.396. The first-order valence-corrected chi connectivity index (χ1v) is 10.4. The van der Waals surface area contributed by atoms with Crippen molar-refractivity contribution in [3.8, 4) is 11.5 Å². The van der Waals surface area contributed by atoms with Gasteiger partial charge in [-0.2, -0.15) is 0 Å². The van der Waals surface area contributed by atoms with Gasteiger partial charge in [0, 0.05) is 11.6 Å². The Morgan fingerprint density at radius 3 is 2.53 bits per heavy atom. The largest absolute Gasteiger partial charge is 0.497 e. The molecular weight excluding hydrogens is 428 g/mol. The van der Waals surface area contributed by atoms with Crippen molar-refractivity contribution < 1.29 is 19.1 Å². The fourth-order valence-corrected chi connectivity index (χ4v) is 3.51. The van der Waals surface area contributed by atoms with E-state index in [9.17, 15) is 9.59 Å². The number of carbonyl (C=O) groups excluding carboxylic acids is 2. The van der Waals surface area contributed by atoms with E-state index < -0.39 is 5.91 Å². The van der Waals surface area contributed by atoms with E-state index in [4.69, 9.17) is 21.1 Å². The summed E-state index contributed by atoms with van der Waals surface area (Å²) in [7, 11) is 1.59. The maximum absolute atomic E-state index is 13.2. The lowest BCUT2D eigenvalue weighted by molar-refractivity contribution is -0.123. The van der Waals surface area contributed by atoms with Crippen LogP contribution in [-0.2, 0) is 16.1 Å². The number of halogens is 1. The van der Waals surface area contributed by atoms with E-state index in [0.29, 0.717) is 22.2 Å². The number of anilines is 1. The summed E-state index contributed by atoms with van der Waals surface area (Å²) in [6.07, 6.45) is 1.65. The Bertz CT molecular complexity index is 1170. The highest BCUT2D eigenvalue weighted by molar-refractivity contribution is 6.31. The van der Waals surface area contributed by atoms with Crippen LogP contribution in [-0.4, -0.2) is 25.5 Å². The number of ether oxygens (including phenoxy) is 2. The molecule has 0 fully saturated rings. The highest BCUT2D eigenvalue weighted by Gasteiger charge is 2.31. The zero-order valence-electron chi connectivity index (χ0n) is 17.4. The SMILES string of the molecule is COc1ccc(C=C2Oc3ccccc3N(CC(=O)NCc3ccccc3Cl)C2=O)cc1. The van der Waals surface area contributed by atoms with Crippen molar-refractivity contribution in [3.63, 3.8) is 0 Å². The molecule has 0 bridgehead atoms. The molecule has 32 heavy (non-hydrogen) atoms. The molecule has 2 amide bonds. The lowest BCUT2D eigenvalue weighted by Gasteiger charge is -2.30. The standard InChI is InChI=1S/C25H21ClN2O4/c1-31-19-12-10-17(11-13-19)14-23-25(30)28(21-8-4-5-9-22(21)32-23)16-24(29)27-15-18-6-2-3-7-20(18)26/h2-14H,15-16H2,1H3,(H,27,29). The molecule has 4 rings (SSSR count). The number of para-hydroxylation sites is 2. The molecule has 0 unspecified atom stereocenters. The molecule has 3 aromatic rings. The van der Waals surface area contributed by atoms with E-state index >= 15 is 0 Å². The Hall–Kier alpha value is -3.77. The number of hydrogen-bond donors (Lipinski definition) is 1. The van der Waals surface area contributed by atoms with E-state index in [1.165, 1.54) is 4.90 Å². The van der Waals surface area contributed by atoms with Crippen molar-refractivity contribution in [1.82, 2.24) is 5.32 Å². The van der Waals surface area contributed by atoms with Crippen molar-refractivity contribution in [2.24, 2.45) is 0 Å². The monoisotopic (exact) mass is 448 g/mol. The van der Waals surface area contributed by atoms with Crippen LogP contribution in [0.2, 0.25) is 5.02 Å². The number of nitrogens with one attached hydrogen (secondary N) is 1. The third-order valence-electron chi connectivity index (χ3n) is 4.98. The highest BCUT2D eigenvalue weighted by Crippen LogP contribution is 2.35. The van der Waals surface area contributed by atoms with Gasteiger partial charge in [0.2, 0.25) is 5.91 Å². The van der Waals surface area contributed by atoms with Gasteiger partial charge in [-0.3, -0.25) is 14.5 Å². The minimum absolute atomic E-state index is 0.132. The minimum Gasteiger partial charge on any atom is -0.497 e. The molecule has 0 saturated carbocycles. The Kier molecular flexibility index (Phi) is 6.42. The number of methoxy groups -OCH3 is 1. The zero-order chi connectivity index (χ0) is 22.5. The van der Waals surface area contributed by atoms with Crippen molar-refractivity contribution in [2.45, 2.75) is 6.54 Å². The molecule has 6 nitrogen and oxygen atoms in total. The molecule has 1 aliphatic heterocycles. The van der Waals surface area contributed by atoms with Crippen LogP contribution in [0, 0.1) is 0 Å². The molecule has 1 heterocycles. The molecule has 1 aliphatic rings. The van der Waals surface area contributed by atoms with Crippen molar-refractivity contribution in [1.29, 1.82) is 0 Å². The molecule has 0 aromatic heterocycles. The first kappa shape index (κ1) is 21.5. The third-order valence-corrected chi connectivity index (χ3v) is 5.35. The molecule has 0 radical (unpaired) electrons. The van der Waals surface area contributed by atoms with Crippen molar-refractivity contribution in [3.05, 3.63) is 94.7 Å². The number of nitrogens with zero attached hydrogens (tertiary/aromatic N) is 1. The fourth-order valence-electron chi connectivity index (χ4n) is 3.31. The first-order valence-electron chi connectivity index (χ1n) is 10.00. The van der Waals surface area contributed by atoms with Gasteiger partial charge in [-0.15, -0.1) is 0 Å². The highest BCUT2D eigenvalue weighted by atomic mass is 35.5. The second-order valence-electron chi connectivity index (χ2n) is 7.11. The third kappa shape index (κ3) is 4.76. The molecule has 0 spiro atoms. The molecule has 3 aromatic carbocycles. The Morgan fingerprint density at radius 2 is 1.78 bits per heavy atom. The summed E-state index contributed by atoms with van der Waals surface area (Å²) in [5, 5.41) is 3.40. The summed E-state index contributed by atoms with van der Waals surface area (Å²) >= 11 is 6.16. The van der Waals surface area contributed by atoms with Gasteiger partial charge in [0.25, 0.3) is 5.91 Å². The van der Waals surface area contributed by atoms with Gasteiger partial charge in [-0.05, 0) is 47.5 Å². The average molecular weight is 449 g/mol. The summed E-state index contributed by atoms with van der Waals surface area (Å²) in [5.41, 5.74) is 2.12. The van der Waals surface area contributed by atoms with Crippen LogP contribution >= 0.6 is 11.6 Å². The average Bonchev–Trinajstić information content (AvgIpc) is 2.81. The number of hydrogen-bond acceptors (Lipinski definition) is 4. The normalized spacial score (nSPS) is 14.0. The Morgan fingerprint density at radius 1 is 1.06 bits per heavy atom. The van der Waals surface area contributed by atoms with Crippen LogP contribution in [0.3, 0.4) is 0 Å². The Labute approximate surface area is 191 Å². The Balaban J connectivity index is 1.54. The number of rotatable bonds is 6. The smallest absolute Gasteiger partial charge is 0.294 e. The predicted molar refractivity (Wildman–Crippen MR) is 124 cm³/mol. The lowest BCUT2D eigenvalue weighted by Crippen LogP contribution is -2.44. The van der Waals surface area contributed by atoms with Crippen LogP contribution in [0.1, 0.15) is 11.1 Å². The second kappa shape index (κ2) is 9.58. The topological polar surface area (TPSA) is 67.9 Å². The van der Waals surface area contributed by atoms with E-state index in [2.05, 4.69) is 5.32 Å². The second-order valence-corrected chi connectivity index (χ2v) is 7.52. The van der Waals surface area contributed by atoms with Crippen molar-refractivity contribution in [2.75, 3.05) is 18.6 Å². The summed E-state index contributed by atoms with van der Waals surface area (Å²) < 4.78 is 11.0. The quantitative estimate of drug-likeness (QED) is 0.566. The molecule has 0 atom stereocenters. The van der Waals surface area contributed by atoms with Gasteiger partial charge in [0.05, 0.1) is 12.8 Å². The van der Waals surface area contributed by atoms with Crippen LogP contribution in [0.15, 0.2) is 78.6 Å². The summed E-state index contributed by atoms with van der Waals surface area (Å²) in [4.78, 5) is 27.3. The van der Waals surface area contributed by atoms with Gasteiger partial charge in [0.15, 0.2) is 11.5 Å². The summed E-state index contributed by atoms with van der Waals surface area (Å²) in [5.74, 6) is 0.648. The van der Waals surface area contributed by atoms with Crippen LogP contribution in [0.5, 0.6) is 11.5 Å². The molecule has 162 valence electrons. The van der Waals surface area contributed by atoms with E-state index in [0.717, 1.165) is 11.1 Å². The van der Waals surface area contributed by atoms with E-state index in [-0.39, 0.29) is 24.8 Å². The molecule has 1 N–H and O–H groups in total. The number of benzene rings is 3. The van der Waals surface area contributed by atoms with Crippen molar-refractivity contribution >= 4 is 35.2 Å². The zero-order valence-corrected chi connectivity index (χ0v) is 18.1. The van der Waals surface area contributed by atoms with Gasteiger partial charge < -0.3 is 14.8 Å². The predicted octanol–water partition coefficient (Wildman–Crippen LogP) is 4.43. The first-order chi connectivity index (χ1) is 15.5. The van der Waals surface area contributed by atoms with Gasteiger partial charge in [0.1, 0.15) is 12.3 Å². The molecular formula is C25H21ClN2O4. The molecule has 0 saturated heterocycles. The van der Waals surface area contributed by atoms with Crippen LogP contribution < -0.4 is 19.7 Å². The van der Waals surface area contributed by atoms with Gasteiger partial charge in [-0.25, -0.2) is 0 Å². The maximum Gasteiger partial charge on any atom is 0.294 e. The van der Waals surface area contributed by atoms with E-state index in [1.54, 1.807) is 49.6 Å². The maximum atomic E-state index is 13.2. The fraction of sp³-hybridized carbons (Fsp3) is 0.120. The van der Waals surface area contributed by atoms with E-state index in [1.807, 2.05) is 36.4 Å². The lowest BCUT2D eigenvalue weighted by atomic mass is 10.1. The van der Waals surface area contributed by atoms with Crippen LogP contribution in [0.25, 0.3) is 6.08 Å². The number of amides is 2. The number of carbonyl (C=O) groups is 2. The molecule has 7 heteroatoms. The number of fused-ring (bicyclic) bond motifs is 1. The summed E-state index contributed by atoms with van der Waals surface area (Å²) in [6, 6.07) is 21.6. The van der Waals surface area contributed by atoms with Crippen LogP contribution in [0.4, 0.5) is 5.69 Å². The summed E-state index contributed by atoms with van der Waals surface area (Å²) in [6.45, 7) is 0.122.